The summed E-state index contributed by atoms with van der Waals surface area (Å²) in [5, 5.41) is 6.50. The van der Waals surface area contributed by atoms with E-state index in [1.165, 1.54) is 37.7 Å². The Morgan fingerprint density at radius 2 is 2.03 bits per heavy atom. The number of nitrogens with zero attached hydrogens (tertiary/aromatic N) is 1. The molecular weight excluding hydrogens is 418 g/mol. The summed E-state index contributed by atoms with van der Waals surface area (Å²) < 4.78 is 0. The molecule has 2 heterocycles. The van der Waals surface area contributed by atoms with E-state index in [4.69, 9.17) is 11.6 Å². The summed E-state index contributed by atoms with van der Waals surface area (Å²) in [7, 11) is 0. The quantitative estimate of drug-likeness (QED) is 0.506. The minimum absolute atomic E-state index is 0.112. The van der Waals surface area contributed by atoms with E-state index in [9.17, 15) is 9.59 Å². The maximum absolute atomic E-state index is 12.5. The van der Waals surface area contributed by atoms with Crippen LogP contribution in [0.1, 0.15) is 35.2 Å². The van der Waals surface area contributed by atoms with Crippen molar-refractivity contribution in [2.45, 2.75) is 24.2 Å². The molecule has 0 atom stereocenters. The van der Waals surface area contributed by atoms with E-state index in [2.05, 4.69) is 15.5 Å². The third-order valence-electron chi connectivity index (χ3n) is 5.22. The van der Waals surface area contributed by atoms with Crippen LogP contribution in [-0.4, -0.2) is 42.9 Å². The standard InChI is InChI=1S/C23H24ClN3O2S/c24-18-6-3-5-16(13-18)14-21-23(29)26-19-15-17(7-8-20(19)30-21)22(28)25-9-4-12-27-10-1-2-11-27/h3,5-8,13-15H,1-2,4,9-12H2,(H,25,28)(H,26,29)/b21-14+. The lowest BCUT2D eigenvalue weighted by Gasteiger charge is -2.19. The largest absolute Gasteiger partial charge is 0.352 e. The number of hydrogen-bond donors (Lipinski definition) is 2. The number of carbonyl (C=O) groups is 2. The molecule has 2 amide bonds. The van der Waals surface area contributed by atoms with E-state index < -0.39 is 0 Å². The summed E-state index contributed by atoms with van der Waals surface area (Å²) in [6.07, 6.45) is 5.32. The first-order valence-corrected chi connectivity index (χ1v) is 11.4. The van der Waals surface area contributed by atoms with Gasteiger partial charge >= 0.3 is 0 Å². The number of nitrogens with one attached hydrogen (secondary N) is 2. The highest BCUT2D eigenvalue weighted by Gasteiger charge is 2.22. The third kappa shape index (κ3) is 5.25. The fraction of sp³-hybridized carbons (Fsp3) is 0.304. The Labute approximate surface area is 185 Å². The average Bonchev–Trinajstić information content (AvgIpc) is 3.25. The van der Waals surface area contributed by atoms with Crippen LogP contribution in [0.2, 0.25) is 5.02 Å². The monoisotopic (exact) mass is 441 g/mol. The first-order chi connectivity index (χ1) is 14.6. The number of hydrogen-bond acceptors (Lipinski definition) is 4. The highest BCUT2D eigenvalue weighted by atomic mass is 35.5. The highest BCUT2D eigenvalue weighted by Crippen LogP contribution is 2.39. The Bertz CT molecular complexity index is 986. The van der Waals surface area contributed by atoms with E-state index in [0.29, 0.717) is 27.7 Å². The Morgan fingerprint density at radius 1 is 1.20 bits per heavy atom. The Balaban J connectivity index is 1.37. The third-order valence-corrected chi connectivity index (χ3v) is 6.55. The van der Waals surface area contributed by atoms with Gasteiger partial charge in [-0.2, -0.15) is 0 Å². The van der Waals surface area contributed by atoms with Crippen LogP contribution in [0.4, 0.5) is 5.69 Å². The smallest absolute Gasteiger partial charge is 0.262 e. The van der Waals surface area contributed by atoms with Crippen LogP contribution in [0.15, 0.2) is 52.3 Å². The maximum atomic E-state index is 12.5. The molecule has 0 bridgehead atoms. The van der Waals surface area contributed by atoms with E-state index in [1.807, 2.05) is 30.3 Å². The summed E-state index contributed by atoms with van der Waals surface area (Å²) in [6, 6.07) is 12.8. The molecule has 1 fully saturated rings. The van der Waals surface area contributed by atoms with Crippen molar-refractivity contribution >= 4 is 46.9 Å². The molecule has 30 heavy (non-hydrogen) atoms. The van der Waals surface area contributed by atoms with Crippen molar-refractivity contribution in [3.8, 4) is 0 Å². The molecule has 0 aliphatic carbocycles. The van der Waals surface area contributed by atoms with Gasteiger partial charge in [0.2, 0.25) is 0 Å². The van der Waals surface area contributed by atoms with Crippen LogP contribution in [-0.2, 0) is 4.79 Å². The minimum atomic E-state index is -0.185. The minimum Gasteiger partial charge on any atom is -0.352 e. The van der Waals surface area contributed by atoms with Gasteiger partial charge in [0.25, 0.3) is 11.8 Å². The van der Waals surface area contributed by atoms with Gasteiger partial charge < -0.3 is 15.5 Å². The van der Waals surface area contributed by atoms with Crippen molar-refractivity contribution in [2.75, 3.05) is 31.5 Å². The number of amides is 2. The molecule has 2 N–H and O–H groups in total. The van der Waals surface area contributed by atoms with Crippen molar-refractivity contribution in [2.24, 2.45) is 0 Å². The Kier molecular flexibility index (Phi) is 6.77. The molecule has 156 valence electrons. The fourth-order valence-electron chi connectivity index (χ4n) is 3.66. The first-order valence-electron chi connectivity index (χ1n) is 10.2. The van der Waals surface area contributed by atoms with Crippen molar-refractivity contribution in [1.82, 2.24) is 10.2 Å². The van der Waals surface area contributed by atoms with Gasteiger partial charge in [-0.1, -0.05) is 35.5 Å². The second-order valence-corrected chi connectivity index (χ2v) is 9.01. The predicted molar refractivity (Wildman–Crippen MR) is 123 cm³/mol. The Morgan fingerprint density at radius 3 is 2.83 bits per heavy atom. The molecule has 5 nitrogen and oxygen atoms in total. The SMILES string of the molecule is O=C1Nc2cc(C(=O)NCCCN3CCCC3)ccc2S/C1=C/c1cccc(Cl)c1. The summed E-state index contributed by atoms with van der Waals surface area (Å²) >= 11 is 7.42. The molecule has 2 aliphatic rings. The summed E-state index contributed by atoms with van der Waals surface area (Å²) in [5.74, 6) is -0.297. The Hall–Kier alpha value is -2.28. The van der Waals surface area contributed by atoms with E-state index in [-0.39, 0.29) is 11.8 Å². The number of anilines is 1. The number of carbonyl (C=O) groups excluding carboxylic acids is 2. The van der Waals surface area contributed by atoms with Crippen LogP contribution in [0.3, 0.4) is 0 Å². The van der Waals surface area contributed by atoms with E-state index >= 15 is 0 Å². The average molecular weight is 442 g/mol. The van der Waals surface area contributed by atoms with Gasteiger partial charge in [0.05, 0.1) is 10.6 Å². The number of fused-ring (bicyclic) bond motifs is 1. The lowest BCUT2D eigenvalue weighted by Crippen LogP contribution is -2.28. The molecule has 0 spiro atoms. The van der Waals surface area contributed by atoms with Gasteiger partial charge in [0.15, 0.2) is 0 Å². The van der Waals surface area contributed by atoms with Gasteiger partial charge in [-0.15, -0.1) is 0 Å². The van der Waals surface area contributed by atoms with Crippen molar-refractivity contribution in [3.05, 3.63) is 63.5 Å². The van der Waals surface area contributed by atoms with E-state index in [1.54, 1.807) is 18.2 Å². The normalized spacial score (nSPS) is 17.6. The van der Waals surface area contributed by atoms with Crippen molar-refractivity contribution < 1.29 is 9.59 Å². The second kappa shape index (κ2) is 9.69. The van der Waals surface area contributed by atoms with Gasteiger partial charge in [0, 0.05) is 22.0 Å². The van der Waals surface area contributed by atoms with E-state index in [0.717, 1.165) is 23.4 Å². The predicted octanol–water partition coefficient (Wildman–Crippen LogP) is 4.64. The summed E-state index contributed by atoms with van der Waals surface area (Å²) in [5.41, 5.74) is 2.09. The van der Waals surface area contributed by atoms with Crippen LogP contribution >= 0.6 is 23.4 Å². The topological polar surface area (TPSA) is 61.4 Å². The molecule has 2 aromatic rings. The molecule has 0 unspecified atom stereocenters. The lowest BCUT2D eigenvalue weighted by molar-refractivity contribution is -0.112. The molecular formula is C23H24ClN3O2S. The zero-order valence-corrected chi connectivity index (χ0v) is 18.2. The zero-order valence-electron chi connectivity index (χ0n) is 16.6. The molecule has 4 rings (SSSR count). The molecule has 2 aliphatic heterocycles. The van der Waals surface area contributed by atoms with Crippen LogP contribution in [0.25, 0.3) is 6.08 Å². The summed E-state index contributed by atoms with van der Waals surface area (Å²) in [4.78, 5) is 28.9. The molecule has 2 aromatic carbocycles. The number of thioether (sulfide) groups is 1. The zero-order chi connectivity index (χ0) is 20.9. The van der Waals surface area contributed by atoms with Gasteiger partial charge in [0.1, 0.15) is 0 Å². The summed E-state index contributed by atoms with van der Waals surface area (Å²) in [6.45, 7) is 4.02. The van der Waals surface area contributed by atoms with Gasteiger partial charge in [-0.05, 0) is 80.9 Å². The fourth-order valence-corrected chi connectivity index (χ4v) is 4.79. The number of halogens is 1. The number of likely N-dealkylation sites (tertiary alicyclic amines) is 1. The molecule has 0 aromatic heterocycles. The van der Waals surface area contributed by atoms with Gasteiger partial charge in [-0.3, -0.25) is 9.59 Å². The second-order valence-electron chi connectivity index (χ2n) is 7.49. The number of benzene rings is 2. The molecule has 7 heteroatoms. The lowest BCUT2D eigenvalue weighted by atomic mass is 10.1. The molecule has 1 saturated heterocycles. The van der Waals surface area contributed by atoms with Crippen LogP contribution in [0, 0.1) is 0 Å². The number of rotatable bonds is 6. The first kappa shape index (κ1) is 21.0. The van der Waals surface area contributed by atoms with Crippen molar-refractivity contribution in [3.63, 3.8) is 0 Å². The molecule has 0 radical (unpaired) electrons. The highest BCUT2D eigenvalue weighted by molar-refractivity contribution is 8.04. The van der Waals surface area contributed by atoms with Gasteiger partial charge in [-0.25, -0.2) is 0 Å². The molecule has 0 saturated carbocycles. The maximum Gasteiger partial charge on any atom is 0.262 e. The van der Waals surface area contributed by atoms with Crippen LogP contribution in [0.5, 0.6) is 0 Å². The van der Waals surface area contributed by atoms with Crippen molar-refractivity contribution in [1.29, 1.82) is 0 Å². The van der Waals surface area contributed by atoms with Crippen LogP contribution < -0.4 is 10.6 Å².